The molecule has 2 fully saturated rings. The third kappa shape index (κ3) is 1.49. The number of pyridine rings is 1. The molecule has 3 heterocycles. The molecule has 0 unspecified atom stereocenters. The van der Waals surface area contributed by atoms with Crippen LogP contribution in [0, 0.1) is 11.7 Å². The maximum atomic E-state index is 13.0. The van der Waals surface area contributed by atoms with E-state index in [0.717, 1.165) is 31.2 Å². The first-order chi connectivity index (χ1) is 7.34. The van der Waals surface area contributed by atoms with Crippen LogP contribution < -0.4 is 10.2 Å². The Kier molecular flexibility index (Phi) is 2.09. The second-order valence-electron chi connectivity index (χ2n) is 4.33. The third-order valence-corrected chi connectivity index (χ3v) is 3.44. The molecular weight excluding hydrogens is 193 g/mol. The molecule has 3 nitrogen and oxygen atoms in total. The highest BCUT2D eigenvalue weighted by Gasteiger charge is 2.40. The van der Waals surface area contributed by atoms with Gasteiger partial charge in [-0.3, -0.25) is 4.98 Å². The Labute approximate surface area is 88.3 Å². The van der Waals surface area contributed by atoms with Crippen molar-refractivity contribution in [2.24, 2.45) is 5.92 Å². The number of nitrogens with zero attached hydrogens (tertiary/aromatic N) is 2. The van der Waals surface area contributed by atoms with Crippen molar-refractivity contribution < 1.29 is 4.39 Å². The van der Waals surface area contributed by atoms with Gasteiger partial charge in [0, 0.05) is 25.2 Å². The van der Waals surface area contributed by atoms with Crippen molar-refractivity contribution in [3.63, 3.8) is 0 Å². The Morgan fingerprint density at radius 3 is 3.20 bits per heavy atom. The van der Waals surface area contributed by atoms with Crippen LogP contribution in [-0.4, -0.2) is 30.7 Å². The summed E-state index contributed by atoms with van der Waals surface area (Å²) in [5.74, 6) is 0.536. The highest BCUT2D eigenvalue weighted by Crippen LogP contribution is 2.33. The zero-order valence-corrected chi connectivity index (χ0v) is 8.49. The van der Waals surface area contributed by atoms with Gasteiger partial charge in [0.15, 0.2) is 0 Å². The zero-order valence-electron chi connectivity index (χ0n) is 8.49. The van der Waals surface area contributed by atoms with E-state index < -0.39 is 0 Å². The van der Waals surface area contributed by atoms with Crippen molar-refractivity contribution in [1.82, 2.24) is 10.3 Å². The quantitative estimate of drug-likeness (QED) is 0.745. The molecule has 0 aromatic carbocycles. The van der Waals surface area contributed by atoms with Gasteiger partial charge in [0.25, 0.3) is 0 Å². The van der Waals surface area contributed by atoms with Gasteiger partial charge in [-0.25, -0.2) is 4.39 Å². The summed E-state index contributed by atoms with van der Waals surface area (Å²) in [7, 11) is 0. The number of halogens is 1. The first-order valence-electron chi connectivity index (χ1n) is 5.42. The summed E-state index contributed by atoms with van der Waals surface area (Å²) in [6.45, 7) is 3.19. The van der Waals surface area contributed by atoms with Crippen molar-refractivity contribution in [1.29, 1.82) is 0 Å². The van der Waals surface area contributed by atoms with Gasteiger partial charge >= 0.3 is 0 Å². The fourth-order valence-electron chi connectivity index (χ4n) is 2.58. The number of fused-ring (bicyclic) bond motifs is 1. The van der Waals surface area contributed by atoms with E-state index in [1.54, 1.807) is 12.3 Å². The lowest BCUT2D eigenvalue weighted by Gasteiger charge is -2.52. The van der Waals surface area contributed by atoms with Crippen LogP contribution in [0.15, 0.2) is 18.5 Å². The highest BCUT2D eigenvalue weighted by atomic mass is 19.1. The molecule has 15 heavy (non-hydrogen) atoms. The van der Waals surface area contributed by atoms with Crippen molar-refractivity contribution >= 4 is 5.69 Å². The van der Waals surface area contributed by atoms with Gasteiger partial charge in [-0.2, -0.15) is 0 Å². The Hall–Kier alpha value is -1.16. The van der Waals surface area contributed by atoms with E-state index >= 15 is 0 Å². The zero-order chi connectivity index (χ0) is 10.3. The Morgan fingerprint density at radius 2 is 2.40 bits per heavy atom. The Bertz CT molecular complexity index is 369. The number of hydrogen-bond donors (Lipinski definition) is 1. The van der Waals surface area contributed by atoms with Crippen LogP contribution in [0.4, 0.5) is 10.1 Å². The number of hydrogen-bond acceptors (Lipinski definition) is 3. The lowest BCUT2D eigenvalue weighted by molar-refractivity contribution is 0.229. The summed E-state index contributed by atoms with van der Waals surface area (Å²) in [4.78, 5) is 6.13. The maximum absolute atomic E-state index is 13.0. The van der Waals surface area contributed by atoms with Crippen LogP contribution in [0.3, 0.4) is 0 Å². The first-order valence-corrected chi connectivity index (χ1v) is 5.42. The van der Waals surface area contributed by atoms with Gasteiger partial charge in [0.05, 0.1) is 18.1 Å². The number of anilines is 1. The molecule has 0 saturated carbocycles. The standard InChI is InChI=1S/C11H14FN3/c12-9-3-10(5-14-4-9)15-7-8-1-2-13-6-11(8)15/h3-5,8,11,13H,1-2,6-7H2/t8-,11-/m1/s1. The Morgan fingerprint density at radius 1 is 1.47 bits per heavy atom. The summed E-state index contributed by atoms with van der Waals surface area (Å²) in [6, 6.07) is 2.11. The van der Waals surface area contributed by atoms with Gasteiger partial charge in [-0.05, 0) is 18.9 Å². The fraction of sp³-hybridized carbons (Fsp3) is 0.545. The molecule has 80 valence electrons. The minimum absolute atomic E-state index is 0.250. The second kappa shape index (κ2) is 3.45. The molecule has 1 aromatic rings. The summed E-state index contributed by atoms with van der Waals surface area (Å²) < 4.78 is 13.0. The molecule has 0 bridgehead atoms. The molecule has 1 N–H and O–H groups in total. The van der Waals surface area contributed by atoms with E-state index in [1.165, 1.54) is 12.6 Å². The number of nitrogens with one attached hydrogen (secondary N) is 1. The van der Waals surface area contributed by atoms with Gasteiger partial charge in [-0.15, -0.1) is 0 Å². The topological polar surface area (TPSA) is 28.2 Å². The van der Waals surface area contributed by atoms with Gasteiger partial charge in [0.1, 0.15) is 5.82 Å². The molecule has 2 saturated heterocycles. The number of rotatable bonds is 1. The molecule has 2 atom stereocenters. The average molecular weight is 207 g/mol. The lowest BCUT2D eigenvalue weighted by atomic mass is 9.83. The molecule has 0 spiro atoms. The van der Waals surface area contributed by atoms with E-state index in [9.17, 15) is 4.39 Å². The summed E-state index contributed by atoms with van der Waals surface area (Å²) in [5.41, 5.74) is 0.917. The smallest absolute Gasteiger partial charge is 0.143 e. The molecule has 2 aliphatic heterocycles. The van der Waals surface area contributed by atoms with Crippen molar-refractivity contribution in [2.75, 3.05) is 24.5 Å². The predicted molar refractivity (Wildman–Crippen MR) is 56.3 cm³/mol. The maximum Gasteiger partial charge on any atom is 0.143 e. The molecular formula is C11H14FN3. The molecule has 0 radical (unpaired) electrons. The monoisotopic (exact) mass is 207 g/mol. The van der Waals surface area contributed by atoms with Crippen LogP contribution in [0.1, 0.15) is 6.42 Å². The lowest BCUT2D eigenvalue weighted by Crippen LogP contribution is -2.63. The van der Waals surface area contributed by atoms with Gasteiger partial charge in [-0.1, -0.05) is 0 Å². The normalized spacial score (nSPS) is 29.5. The summed E-state index contributed by atoms with van der Waals surface area (Å²) >= 11 is 0. The molecule has 4 heteroatoms. The summed E-state index contributed by atoms with van der Waals surface area (Å²) in [5, 5.41) is 3.37. The van der Waals surface area contributed by atoms with E-state index in [1.807, 2.05) is 0 Å². The van der Waals surface area contributed by atoms with E-state index in [2.05, 4.69) is 15.2 Å². The van der Waals surface area contributed by atoms with Crippen molar-refractivity contribution in [3.8, 4) is 0 Å². The van der Waals surface area contributed by atoms with E-state index in [4.69, 9.17) is 0 Å². The predicted octanol–water partition coefficient (Wildman–Crippen LogP) is 1.02. The molecule has 3 rings (SSSR count). The van der Waals surface area contributed by atoms with Crippen LogP contribution in [0.25, 0.3) is 0 Å². The average Bonchev–Trinajstić information content (AvgIpc) is 2.20. The van der Waals surface area contributed by atoms with Crippen molar-refractivity contribution in [2.45, 2.75) is 12.5 Å². The third-order valence-electron chi connectivity index (χ3n) is 3.44. The van der Waals surface area contributed by atoms with Crippen LogP contribution >= 0.6 is 0 Å². The first kappa shape index (κ1) is 9.09. The minimum atomic E-state index is -0.250. The second-order valence-corrected chi connectivity index (χ2v) is 4.33. The SMILES string of the molecule is Fc1cncc(N2C[C@H]3CCNC[C@H]32)c1. The number of piperidine rings is 1. The van der Waals surface area contributed by atoms with Crippen LogP contribution in [-0.2, 0) is 0 Å². The Balaban J connectivity index is 1.79. The number of aromatic nitrogens is 1. The highest BCUT2D eigenvalue weighted by molar-refractivity contribution is 5.49. The van der Waals surface area contributed by atoms with Gasteiger partial charge < -0.3 is 10.2 Å². The van der Waals surface area contributed by atoms with Gasteiger partial charge in [0.2, 0.25) is 0 Å². The van der Waals surface area contributed by atoms with Crippen LogP contribution in [0.2, 0.25) is 0 Å². The molecule has 0 amide bonds. The van der Waals surface area contributed by atoms with Crippen LogP contribution in [0.5, 0.6) is 0 Å². The summed E-state index contributed by atoms with van der Waals surface area (Å²) in [6.07, 6.45) is 4.23. The molecule has 2 aliphatic rings. The van der Waals surface area contributed by atoms with E-state index in [0.29, 0.717) is 6.04 Å². The van der Waals surface area contributed by atoms with E-state index in [-0.39, 0.29) is 5.82 Å². The molecule has 1 aromatic heterocycles. The fourth-order valence-corrected chi connectivity index (χ4v) is 2.58. The van der Waals surface area contributed by atoms with Crippen molar-refractivity contribution in [3.05, 3.63) is 24.3 Å². The minimum Gasteiger partial charge on any atom is -0.365 e. The molecule has 0 aliphatic carbocycles. The largest absolute Gasteiger partial charge is 0.365 e.